The summed E-state index contributed by atoms with van der Waals surface area (Å²) < 4.78 is 37.9. The van der Waals surface area contributed by atoms with E-state index in [4.69, 9.17) is 0 Å². The van der Waals surface area contributed by atoms with Crippen LogP contribution < -0.4 is 9.62 Å². The minimum Gasteiger partial charge on any atom is -0.506 e. The van der Waals surface area contributed by atoms with Crippen LogP contribution in [0.5, 0.6) is 5.75 Å². The molecule has 2 N–H and O–H groups in total. The zero-order chi connectivity index (χ0) is 25.8. The largest absolute Gasteiger partial charge is 0.506 e. The van der Waals surface area contributed by atoms with Gasteiger partial charge in [-0.05, 0) is 77.9 Å². The number of rotatable bonds is 7. The minimum atomic E-state index is -3.25. The van der Waals surface area contributed by atoms with Crippen molar-refractivity contribution in [1.82, 2.24) is 0 Å². The van der Waals surface area contributed by atoms with Crippen LogP contribution in [-0.2, 0) is 10.9 Å². The van der Waals surface area contributed by atoms with E-state index in [1.54, 1.807) is 36.4 Å². The fourth-order valence-corrected chi connectivity index (χ4v) is 4.13. The Morgan fingerprint density at radius 2 is 1.47 bits per heavy atom. The summed E-state index contributed by atoms with van der Waals surface area (Å²) in [7, 11) is -3.25. The number of carbonyl (C=O) groups excluding carboxylic acids is 1. The Morgan fingerprint density at radius 3 is 2.03 bits per heavy atom. The van der Waals surface area contributed by atoms with E-state index < -0.39 is 27.5 Å². The fourth-order valence-electron chi connectivity index (χ4n) is 3.47. The molecule has 0 atom stereocenters. The summed E-state index contributed by atoms with van der Waals surface area (Å²) in [5.41, 5.74) is 1.97. The number of nitro benzene ring substituents is 1. The van der Waals surface area contributed by atoms with Crippen molar-refractivity contribution in [2.75, 3.05) is 9.62 Å². The lowest BCUT2D eigenvalue weighted by molar-refractivity contribution is -0.384. The van der Waals surface area contributed by atoms with Crippen LogP contribution in [-0.4, -0.2) is 24.4 Å². The van der Waals surface area contributed by atoms with Gasteiger partial charge in [0.05, 0.1) is 10.6 Å². The Morgan fingerprint density at radius 1 is 0.889 bits per heavy atom. The summed E-state index contributed by atoms with van der Waals surface area (Å²) in [5, 5.41) is 23.7. The topological polar surface area (TPSA) is 130 Å². The first-order valence-electron chi connectivity index (χ1n) is 10.4. The highest BCUT2D eigenvalue weighted by atomic mass is 32.2. The van der Waals surface area contributed by atoms with Gasteiger partial charge in [-0.1, -0.05) is 12.1 Å². The number of non-ortho nitro benzene ring substituents is 1. The Hall–Kier alpha value is -4.77. The second-order valence-corrected chi connectivity index (χ2v) is 8.44. The summed E-state index contributed by atoms with van der Waals surface area (Å²) >= 11 is 0. The van der Waals surface area contributed by atoms with Gasteiger partial charge in [0.2, 0.25) is 10.9 Å². The quantitative estimate of drug-likeness (QED) is 0.139. The Bertz CT molecular complexity index is 1500. The van der Waals surface area contributed by atoms with Crippen molar-refractivity contribution in [3.8, 4) is 16.9 Å². The van der Waals surface area contributed by atoms with E-state index in [0.29, 0.717) is 5.56 Å². The zero-order valence-corrected chi connectivity index (χ0v) is 19.3. The molecule has 0 saturated carbocycles. The van der Waals surface area contributed by atoms with Crippen molar-refractivity contribution in [2.24, 2.45) is 0 Å². The van der Waals surface area contributed by atoms with Gasteiger partial charge in [-0.25, -0.2) is 17.1 Å². The number of hydrogen-bond acceptors (Lipinski definition) is 6. The van der Waals surface area contributed by atoms with Crippen LogP contribution in [0.3, 0.4) is 0 Å². The first-order chi connectivity index (χ1) is 17.2. The SMILES string of the molecule is O=C(Nc1ccc(O)c(N(c2ccc(F)cc2)[SH](=O)=O)c1)c1ccc(-c2ccc([N+](=O)[O-])cc2)cc1. The van der Waals surface area contributed by atoms with E-state index in [9.17, 15) is 32.8 Å². The Kier molecular flexibility index (Phi) is 6.93. The van der Waals surface area contributed by atoms with Crippen molar-refractivity contribution < 1.29 is 27.6 Å². The highest BCUT2D eigenvalue weighted by Gasteiger charge is 2.18. The summed E-state index contributed by atoms with van der Waals surface area (Å²) in [4.78, 5) is 23.1. The third kappa shape index (κ3) is 5.31. The first-order valence-corrected chi connectivity index (χ1v) is 11.6. The number of thiol groups is 1. The second-order valence-electron chi connectivity index (χ2n) is 7.57. The van der Waals surface area contributed by atoms with E-state index in [1.807, 2.05) is 0 Å². The van der Waals surface area contributed by atoms with Crippen molar-refractivity contribution in [3.05, 3.63) is 112 Å². The zero-order valence-electron chi connectivity index (χ0n) is 18.4. The van der Waals surface area contributed by atoms with Gasteiger partial charge in [-0.3, -0.25) is 14.9 Å². The summed E-state index contributed by atoms with van der Waals surface area (Å²) in [6, 6.07) is 21.1. The number of benzene rings is 4. The van der Waals surface area contributed by atoms with Gasteiger partial charge in [0.15, 0.2) is 0 Å². The summed E-state index contributed by atoms with van der Waals surface area (Å²) in [6.45, 7) is 0. The minimum absolute atomic E-state index is 0.0254. The molecule has 0 spiro atoms. The maximum atomic E-state index is 13.3. The van der Waals surface area contributed by atoms with Crippen molar-refractivity contribution in [2.45, 2.75) is 0 Å². The van der Waals surface area contributed by atoms with Gasteiger partial charge in [-0.15, -0.1) is 0 Å². The van der Waals surface area contributed by atoms with E-state index in [0.717, 1.165) is 27.6 Å². The molecule has 1 amide bonds. The maximum Gasteiger partial charge on any atom is 0.269 e. The molecule has 0 aliphatic carbocycles. The van der Waals surface area contributed by atoms with Crippen LogP contribution in [0, 0.1) is 15.9 Å². The van der Waals surface area contributed by atoms with Gasteiger partial charge < -0.3 is 10.4 Å². The highest BCUT2D eigenvalue weighted by Crippen LogP contribution is 2.35. The molecule has 0 bridgehead atoms. The number of aromatic hydroxyl groups is 1. The predicted octanol–water partition coefficient (Wildman–Crippen LogP) is 5.02. The number of phenols is 1. The number of nitrogens with zero attached hydrogens (tertiary/aromatic N) is 2. The van der Waals surface area contributed by atoms with Gasteiger partial charge in [-0.2, -0.15) is 0 Å². The molecule has 0 radical (unpaired) electrons. The standard InChI is InChI=1S/C25H18FN3O6S/c26-19-7-12-21(13-8-19)28(36(34)35)23-15-20(9-14-24(23)30)27-25(31)18-3-1-16(2-4-18)17-5-10-22(11-6-17)29(32)33/h1-15,30,36H,(H,27,31). The molecule has 0 fully saturated rings. The van der Waals surface area contributed by atoms with Gasteiger partial charge >= 0.3 is 0 Å². The van der Waals surface area contributed by atoms with E-state index in [-0.39, 0.29) is 28.5 Å². The molecule has 4 aromatic rings. The normalized spacial score (nSPS) is 10.7. The van der Waals surface area contributed by atoms with Gasteiger partial charge in [0, 0.05) is 23.4 Å². The molecule has 4 rings (SSSR count). The molecule has 0 aromatic heterocycles. The second kappa shape index (κ2) is 10.2. The molecule has 0 saturated heterocycles. The fraction of sp³-hybridized carbons (Fsp3) is 0. The van der Waals surface area contributed by atoms with Crippen molar-refractivity contribution in [3.63, 3.8) is 0 Å². The number of anilines is 3. The molecule has 4 aromatic carbocycles. The van der Waals surface area contributed by atoms with E-state index in [1.165, 1.54) is 42.5 Å². The molecule has 182 valence electrons. The van der Waals surface area contributed by atoms with Crippen LogP contribution in [0.25, 0.3) is 11.1 Å². The average molecular weight is 507 g/mol. The number of phenolic OH excluding ortho intramolecular Hbond substituents is 1. The smallest absolute Gasteiger partial charge is 0.269 e. The average Bonchev–Trinajstić information content (AvgIpc) is 2.87. The van der Waals surface area contributed by atoms with Gasteiger partial charge in [0.25, 0.3) is 11.6 Å². The molecule has 0 aliphatic heterocycles. The Labute approximate surface area is 206 Å². The van der Waals surface area contributed by atoms with Crippen LogP contribution in [0.15, 0.2) is 91.0 Å². The monoisotopic (exact) mass is 507 g/mol. The highest BCUT2D eigenvalue weighted by molar-refractivity contribution is 7.74. The van der Waals surface area contributed by atoms with Crippen LogP contribution in [0.1, 0.15) is 10.4 Å². The van der Waals surface area contributed by atoms with Crippen LogP contribution >= 0.6 is 0 Å². The molecule has 0 aliphatic rings. The molecular formula is C25H18FN3O6S. The van der Waals surface area contributed by atoms with Crippen molar-refractivity contribution >= 4 is 39.5 Å². The van der Waals surface area contributed by atoms with E-state index >= 15 is 0 Å². The number of hydrogen-bond donors (Lipinski definition) is 3. The summed E-state index contributed by atoms with van der Waals surface area (Å²) in [5.74, 6) is -1.39. The number of carbonyl (C=O) groups is 1. The van der Waals surface area contributed by atoms with Crippen LogP contribution in [0.4, 0.5) is 27.1 Å². The molecule has 11 heteroatoms. The van der Waals surface area contributed by atoms with E-state index in [2.05, 4.69) is 5.32 Å². The molecule has 36 heavy (non-hydrogen) atoms. The molecular weight excluding hydrogens is 489 g/mol. The third-order valence-corrected chi connectivity index (χ3v) is 6.03. The maximum absolute atomic E-state index is 13.3. The number of halogens is 1. The predicted molar refractivity (Wildman–Crippen MR) is 133 cm³/mol. The third-order valence-electron chi connectivity index (χ3n) is 5.25. The first kappa shape index (κ1) is 24.4. The molecule has 0 unspecified atom stereocenters. The lowest BCUT2D eigenvalue weighted by Crippen LogP contribution is -2.16. The van der Waals surface area contributed by atoms with Gasteiger partial charge in [0.1, 0.15) is 17.3 Å². The number of nitro groups is 1. The summed E-state index contributed by atoms with van der Waals surface area (Å²) in [6.07, 6.45) is 0. The van der Waals surface area contributed by atoms with Crippen molar-refractivity contribution in [1.29, 1.82) is 0 Å². The molecule has 0 heterocycles. The Balaban J connectivity index is 1.55. The number of nitrogens with one attached hydrogen (secondary N) is 1. The lowest BCUT2D eigenvalue weighted by Gasteiger charge is -2.20. The molecule has 9 nitrogen and oxygen atoms in total. The number of amides is 1. The van der Waals surface area contributed by atoms with Crippen LogP contribution in [0.2, 0.25) is 0 Å². The lowest BCUT2D eigenvalue weighted by atomic mass is 10.0.